The van der Waals surface area contributed by atoms with Gasteiger partial charge >= 0.3 is 0 Å². The zero-order valence-electron chi connectivity index (χ0n) is 16.0. The van der Waals surface area contributed by atoms with Gasteiger partial charge in [0.05, 0.1) is 11.1 Å². The number of aryl methyl sites for hydroxylation is 2. The van der Waals surface area contributed by atoms with Crippen LogP contribution in [0.1, 0.15) is 17.0 Å². The molecule has 4 rings (SSSR count). The van der Waals surface area contributed by atoms with Crippen LogP contribution in [0.3, 0.4) is 0 Å². The molecule has 1 aliphatic rings. The van der Waals surface area contributed by atoms with Crippen LogP contribution in [0, 0.1) is 13.8 Å². The van der Waals surface area contributed by atoms with Crippen molar-refractivity contribution in [2.24, 2.45) is 0 Å². The topological polar surface area (TPSA) is 97.4 Å². The molecule has 0 saturated carbocycles. The van der Waals surface area contributed by atoms with Crippen molar-refractivity contribution in [3.05, 3.63) is 51.6 Å². The SMILES string of the molecule is Cc1noc(C)c1CN1CCN(C(=O)Cn2nnc3ccccc3c2=O)CC1. The molecule has 1 aliphatic heterocycles. The van der Waals surface area contributed by atoms with Gasteiger partial charge in [0.15, 0.2) is 0 Å². The van der Waals surface area contributed by atoms with Crippen LogP contribution in [0.15, 0.2) is 33.6 Å². The minimum absolute atomic E-state index is 0.0967. The normalized spacial score (nSPS) is 15.3. The number of hydrogen-bond acceptors (Lipinski definition) is 7. The van der Waals surface area contributed by atoms with E-state index in [1.54, 1.807) is 29.2 Å². The summed E-state index contributed by atoms with van der Waals surface area (Å²) in [5, 5.41) is 12.4. The zero-order valence-corrected chi connectivity index (χ0v) is 16.0. The van der Waals surface area contributed by atoms with Crippen LogP contribution < -0.4 is 5.56 Å². The highest BCUT2D eigenvalue weighted by molar-refractivity contribution is 5.78. The molecule has 3 heterocycles. The van der Waals surface area contributed by atoms with E-state index in [1.807, 2.05) is 13.8 Å². The third kappa shape index (κ3) is 3.53. The third-order valence-corrected chi connectivity index (χ3v) is 5.20. The molecule has 0 bridgehead atoms. The molecule has 9 nitrogen and oxygen atoms in total. The average molecular weight is 382 g/mol. The van der Waals surface area contributed by atoms with Crippen molar-refractivity contribution in [3.8, 4) is 0 Å². The lowest BCUT2D eigenvalue weighted by Gasteiger charge is -2.34. The van der Waals surface area contributed by atoms with Crippen molar-refractivity contribution in [3.63, 3.8) is 0 Å². The lowest BCUT2D eigenvalue weighted by atomic mass is 10.2. The molecule has 0 radical (unpaired) electrons. The Morgan fingerprint density at radius 3 is 2.61 bits per heavy atom. The predicted octanol–water partition coefficient (Wildman–Crippen LogP) is 0.741. The number of hydrogen-bond donors (Lipinski definition) is 0. The van der Waals surface area contributed by atoms with Crippen molar-refractivity contribution in [2.45, 2.75) is 26.9 Å². The second-order valence-corrected chi connectivity index (χ2v) is 7.03. The van der Waals surface area contributed by atoms with E-state index in [1.165, 1.54) is 0 Å². The van der Waals surface area contributed by atoms with E-state index in [0.29, 0.717) is 24.0 Å². The van der Waals surface area contributed by atoms with E-state index < -0.39 is 0 Å². The minimum Gasteiger partial charge on any atom is -0.361 e. The van der Waals surface area contributed by atoms with Gasteiger partial charge in [-0.1, -0.05) is 22.5 Å². The second-order valence-electron chi connectivity index (χ2n) is 7.03. The molecular weight excluding hydrogens is 360 g/mol. The number of piperazine rings is 1. The molecule has 1 aromatic carbocycles. The Bertz CT molecular complexity index is 1050. The van der Waals surface area contributed by atoms with Crippen molar-refractivity contribution >= 4 is 16.8 Å². The van der Waals surface area contributed by atoms with E-state index in [0.717, 1.165) is 41.3 Å². The maximum absolute atomic E-state index is 12.6. The van der Waals surface area contributed by atoms with E-state index in [2.05, 4.69) is 20.4 Å². The summed E-state index contributed by atoms with van der Waals surface area (Å²) >= 11 is 0. The minimum atomic E-state index is -0.295. The first-order valence-corrected chi connectivity index (χ1v) is 9.27. The van der Waals surface area contributed by atoms with Crippen LogP contribution in [0.5, 0.6) is 0 Å². The van der Waals surface area contributed by atoms with Crippen LogP contribution in [0.2, 0.25) is 0 Å². The Balaban J connectivity index is 1.38. The first kappa shape index (κ1) is 18.3. The highest BCUT2D eigenvalue weighted by atomic mass is 16.5. The number of aromatic nitrogens is 4. The Labute approximate surface area is 161 Å². The number of nitrogens with zero attached hydrogens (tertiary/aromatic N) is 6. The van der Waals surface area contributed by atoms with Gasteiger partial charge in [0, 0.05) is 38.3 Å². The quantitative estimate of drug-likeness (QED) is 0.656. The van der Waals surface area contributed by atoms with E-state index >= 15 is 0 Å². The van der Waals surface area contributed by atoms with Crippen molar-refractivity contribution in [1.29, 1.82) is 0 Å². The number of benzene rings is 1. The van der Waals surface area contributed by atoms with Gasteiger partial charge in [-0.3, -0.25) is 14.5 Å². The molecule has 1 amide bonds. The zero-order chi connectivity index (χ0) is 19.7. The highest BCUT2D eigenvalue weighted by Gasteiger charge is 2.23. The molecule has 1 fully saturated rings. The predicted molar refractivity (Wildman–Crippen MR) is 102 cm³/mol. The summed E-state index contributed by atoms with van der Waals surface area (Å²) in [6.45, 7) is 7.25. The Morgan fingerprint density at radius 2 is 1.89 bits per heavy atom. The summed E-state index contributed by atoms with van der Waals surface area (Å²) in [5.41, 5.74) is 2.25. The molecule has 2 aromatic heterocycles. The van der Waals surface area contributed by atoms with Crippen LogP contribution in [-0.2, 0) is 17.9 Å². The molecular formula is C19H22N6O3. The molecule has 1 saturated heterocycles. The first-order chi connectivity index (χ1) is 13.5. The van der Waals surface area contributed by atoms with Crippen molar-refractivity contribution < 1.29 is 9.32 Å². The summed E-state index contributed by atoms with van der Waals surface area (Å²) in [6, 6.07) is 7.00. The van der Waals surface area contributed by atoms with Gasteiger partial charge in [0.25, 0.3) is 5.56 Å². The van der Waals surface area contributed by atoms with Crippen molar-refractivity contribution in [2.75, 3.05) is 26.2 Å². The van der Waals surface area contributed by atoms with Crippen molar-refractivity contribution in [1.82, 2.24) is 30.0 Å². The Morgan fingerprint density at radius 1 is 1.14 bits per heavy atom. The highest BCUT2D eigenvalue weighted by Crippen LogP contribution is 2.16. The van der Waals surface area contributed by atoms with E-state index in [4.69, 9.17) is 4.52 Å². The monoisotopic (exact) mass is 382 g/mol. The summed E-state index contributed by atoms with van der Waals surface area (Å²) in [7, 11) is 0. The second kappa shape index (κ2) is 7.51. The molecule has 28 heavy (non-hydrogen) atoms. The maximum Gasteiger partial charge on any atom is 0.278 e. The maximum atomic E-state index is 12.6. The Hall–Kier alpha value is -3.07. The third-order valence-electron chi connectivity index (χ3n) is 5.20. The summed E-state index contributed by atoms with van der Waals surface area (Å²) in [5.74, 6) is 0.717. The number of amides is 1. The number of carbonyl (C=O) groups excluding carboxylic acids is 1. The molecule has 0 aliphatic carbocycles. The number of fused-ring (bicyclic) bond motifs is 1. The van der Waals surface area contributed by atoms with Gasteiger partial charge in [-0.05, 0) is 26.0 Å². The fraction of sp³-hybridized carbons (Fsp3) is 0.421. The van der Waals surface area contributed by atoms with Gasteiger partial charge in [-0.2, -0.15) is 0 Å². The molecule has 0 atom stereocenters. The lowest BCUT2D eigenvalue weighted by Crippen LogP contribution is -2.49. The van der Waals surface area contributed by atoms with Crippen LogP contribution in [0.25, 0.3) is 10.9 Å². The smallest absolute Gasteiger partial charge is 0.278 e. The van der Waals surface area contributed by atoms with Crippen LogP contribution in [0.4, 0.5) is 0 Å². The van der Waals surface area contributed by atoms with Crippen LogP contribution >= 0.6 is 0 Å². The standard InChI is InChI=1S/C19H22N6O3/c1-13-16(14(2)28-21-13)11-23-7-9-24(10-8-23)18(26)12-25-19(27)15-5-3-4-6-17(15)20-22-25/h3-6H,7-12H2,1-2H3. The van der Waals surface area contributed by atoms with Gasteiger partial charge in [-0.15, -0.1) is 5.10 Å². The van der Waals surface area contributed by atoms with E-state index in [9.17, 15) is 9.59 Å². The molecule has 0 N–H and O–H groups in total. The Kier molecular flexibility index (Phi) is 4.91. The molecule has 9 heteroatoms. The fourth-order valence-electron chi connectivity index (χ4n) is 3.46. The number of carbonyl (C=O) groups is 1. The largest absolute Gasteiger partial charge is 0.361 e. The van der Waals surface area contributed by atoms with E-state index in [-0.39, 0.29) is 18.0 Å². The summed E-state index contributed by atoms with van der Waals surface area (Å²) in [6.07, 6.45) is 0. The fourth-order valence-corrected chi connectivity index (χ4v) is 3.46. The van der Waals surface area contributed by atoms with Gasteiger partial charge in [0.2, 0.25) is 5.91 Å². The summed E-state index contributed by atoms with van der Waals surface area (Å²) < 4.78 is 6.36. The molecule has 0 spiro atoms. The average Bonchev–Trinajstić information content (AvgIpc) is 3.03. The molecule has 146 valence electrons. The van der Waals surface area contributed by atoms with Crippen LogP contribution in [-0.4, -0.2) is 62.0 Å². The van der Waals surface area contributed by atoms with Gasteiger partial charge in [-0.25, -0.2) is 4.68 Å². The first-order valence-electron chi connectivity index (χ1n) is 9.27. The lowest BCUT2D eigenvalue weighted by molar-refractivity contribution is -0.134. The van der Waals surface area contributed by atoms with Gasteiger partial charge < -0.3 is 9.42 Å². The number of rotatable bonds is 4. The molecule has 0 unspecified atom stereocenters. The molecule has 3 aromatic rings. The van der Waals surface area contributed by atoms with Gasteiger partial charge in [0.1, 0.15) is 17.8 Å². The summed E-state index contributed by atoms with van der Waals surface area (Å²) in [4.78, 5) is 29.2.